The Morgan fingerprint density at radius 2 is 2.05 bits per heavy atom. The first kappa shape index (κ1) is 14.5. The molecule has 0 aliphatic heterocycles. The van der Waals surface area contributed by atoms with Gasteiger partial charge in [0.1, 0.15) is 5.76 Å². The van der Waals surface area contributed by atoms with Crippen molar-refractivity contribution in [3.63, 3.8) is 0 Å². The number of hydrogen-bond donors (Lipinski definition) is 2. The molecule has 2 aromatic rings. The van der Waals surface area contributed by atoms with Crippen LogP contribution < -0.4 is 11.3 Å². The van der Waals surface area contributed by atoms with E-state index in [9.17, 15) is 4.39 Å². The zero-order valence-corrected chi connectivity index (χ0v) is 12.5. The molecule has 1 fully saturated rings. The summed E-state index contributed by atoms with van der Waals surface area (Å²) in [5, 5.41) is 0.775. The van der Waals surface area contributed by atoms with Crippen LogP contribution in [-0.4, -0.2) is 24.5 Å². The molecule has 5 heteroatoms. The molecule has 1 heterocycles. The SMILES string of the molecule is CN(C)C1(C(NN)c2cc3cccc(F)c3o2)CCCC1. The Labute approximate surface area is 124 Å². The number of rotatable bonds is 4. The van der Waals surface area contributed by atoms with Crippen LogP contribution in [0.5, 0.6) is 0 Å². The smallest absolute Gasteiger partial charge is 0.169 e. The van der Waals surface area contributed by atoms with Crippen LogP contribution >= 0.6 is 0 Å². The monoisotopic (exact) mass is 291 g/mol. The van der Waals surface area contributed by atoms with Crippen molar-refractivity contribution in [3.05, 3.63) is 35.8 Å². The summed E-state index contributed by atoms with van der Waals surface area (Å²) in [6.07, 6.45) is 4.44. The fraction of sp³-hybridized carbons (Fsp3) is 0.500. The molecular weight excluding hydrogens is 269 g/mol. The number of nitrogens with one attached hydrogen (secondary N) is 1. The van der Waals surface area contributed by atoms with Crippen LogP contribution in [0.2, 0.25) is 0 Å². The van der Waals surface area contributed by atoms with E-state index < -0.39 is 0 Å². The normalized spacial score (nSPS) is 19.5. The van der Waals surface area contributed by atoms with Crippen LogP contribution in [-0.2, 0) is 0 Å². The highest BCUT2D eigenvalue weighted by atomic mass is 19.1. The quantitative estimate of drug-likeness (QED) is 0.672. The molecule has 0 saturated heterocycles. The number of nitrogens with two attached hydrogens (primary N) is 1. The fourth-order valence-corrected chi connectivity index (χ4v) is 3.67. The van der Waals surface area contributed by atoms with Crippen LogP contribution in [0.1, 0.15) is 37.5 Å². The second-order valence-electron chi connectivity index (χ2n) is 6.11. The van der Waals surface area contributed by atoms with E-state index in [0.717, 1.165) is 18.2 Å². The average Bonchev–Trinajstić information content (AvgIpc) is 3.08. The van der Waals surface area contributed by atoms with E-state index in [2.05, 4.69) is 24.4 Å². The van der Waals surface area contributed by atoms with E-state index in [1.54, 1.807) is 6.07 Å². The topological polar surface area (TPSA) is 54.4 Å². The minimum Gasteiger partial charge on any atom is -0.456 e. The maximum absolute atomic E-state index is 13.8. The third-order valence-corrected chi connectivity index (χ3v) is 4.86. The summed E-state index contributed by atoms with van der Waals surface area (Å²) in [6, 6.07) is 6.71. The number of benzene rings is 1. The van der Waals surface area contributed by atoms with Crippen LogP contribution in [0.15, 0.2) is 28.7 Å². The lowest BCUT2D eigenvalue weighted by Crippen LogP contribution is -2.53. The Hall–Kier alpha value is -1.43. The Morgan fingerprint density at radius 1 is 1.33 bits per heavy atom. The van der Waals surface area contributed by atoms with E-state index in [4.69, 9.17) is 10.3 Å². The van der Waals surface area contributed by atoms with E-state index in [0.29, 0.717) is 11.3 Å². The van der Waals surface area contributed by atoms with E-state index in [1.807, 2.05) is 12.1 Å². The number of fused-ring (bicyclic) bond motifs is 1. The van der Waals surface area contributed by atoms with Gasteiger partial charge in [0, 0.05) is 10.9 Å². The summed E-state index contributed by atoms with van der Waals surface area (Å²) >= 11 is 0. The minimum atomic E-state index is -0.333. The standard InChI is InChI=1S/C16H22FN3O/c1-20(2)16(8-3-4-9-16)15(19-18)13-10-11-6-5-7-12(17)14(11)21-13/h5-7,10,15,19H,3-4,8-9,18H2,1-2H3. The van der Waals surface area contributed by atoms with Gasteiger partial charge in [0.25, 0.3) is 0 Å². The van der Waals surface area contributed by atoms with Crippen LogP contribution in [0, 0.1) is 5.82 Å². The minimum absolute atomic E-state index is 0.0842. The summed E-state index contributed by atoms with van der Waals surface area (Å²) in [4.78, 5) is 2.22. The van der Waals surface area contributed by atoms with E-state index in [-0.39, 0.29) is 17.4 Å². The molecule has 1 atom stereocenters. The van der Waals surface area contributed by atoms with Gasteiger partial charge in [-0.2, -0.15) is 0 Å². The summed E-state index contributed by atoms with van der Waals surface area (Å²) in [6.45, 7) is 0. The van der Waals surface area contributed by atoms with Crippen molar-refractivity contribution >= 4 is 11.0 Å². The second-order valence-corrected chi connectivity index (χ2v) is 6.11. The molecule has 21 heavy (non-hydrogen) atoms. The highest BCUT2D eigenvalue weighted by molar-refractivity contribution is 5.78. The van der Waals surface area contributed by atoms with Gasteiger partial charge in [-0.25, -0.2) is 9.82 Å². The summed E-state index contributed by atoms with van der Waals surface area (Å²) < 4.78 is 19.6. The first-order valence-corrected chi connectivity index (χ1v) is 7.40. The molecular formula is C16H22FN3O. The molecule has 3 N–H and O–H groups in total. The highest BCUT2D eigenvalue weighted by Gasteiger charge is 2.45. The summed E-state index contributed by atoms with van der Waals surface area (Å²) in [5.74, 6) is 6.21. The molecule has 114 valence electrons. The third-order valence-electron chi connectivity index (χ3n) is 4.86. The second kappa shape index (κ2) is 5.40. The van der Waals surface area contributed by atoms with Gasteiger partial charge >= 0.3 is 0 Å². The molecule has 4 nitrogen and oxygen atoms in total. The lowest BCUT2D eigenvalue weighted by molar-refractivity contribution is 0.0942. The lowest BCUT2D eigenvalue weighted by Gasteiger charge is -2.41. The molecule has 3 rings (SSSR count). The number of para-hydroxylation sites is 1. The average molecular weight is 291 g/mol. The lowest BCUT2D eigenvalue weighted by atomic mass is 9.85. The Bertz CT molecular complexity index is 631. The fourth-order valence-electron chi connectivity index (χ4n) is 3.67. The molecule has 0 spiro atoms. The molecule has 1 aromatic heterocycles. The van der Waals surface area contributed by atoms with Crippen molar-refractivity contribution in [2.45, 2.75) is 37.3 Å². The largest absolute Gasteiger partial charge is 0.456 e. The van der Waals surface area contributed by atoms with Gasteiger partial charge in [0.05, 0.1) is 6.04 Å². The van der Waals surface area contributed by atoms with Gasteiger partial charge in [-0.3, -0.25) is 5.84 Å². The van der Waals surface area contributed by atoms with Crippen LogP contribution in [0.4, 0.5) is 4.39 Å². The Kier molecular flexibility index (Phi) is 3.73. The maximum Gasteiger partial charge on any atom is 0.169 e. The predicted octanol–water partition coefficient (Wildman–Crippen LogP) is 2.95. The highest BCUT2D eigenvalue weighted by Crippen LogP contribution is 2.44. The molecule has 1 aliphatic rings. The molecule has 1 saturated carbocycles. The van der Waals surface area contributed by atoms with Crippen molar-refractivity contribution in [2.75, 3.05) is 14.1 Å². The van der Waals surface area contributed by atoms with Gasteiger partial charge < -0.3 is 9.32 Å². The number of nitrogens with zero attached hydrogens (tertiary/aromatic N) is 1. The van der Waals surface area contributed by atoms with Crippen molar-refractivity contribution in [1.29, 1.82) is 0 Å². The maximum atomic E-state index is 13.8. The van der Waals surface area contributed by atoms with Crippen LogP contribution in [0.3, 0.4) is 0 Å². The van der Waals surface area contributed by atoms with Gasteiger partial charge in [-0.1, -0.05) is 25.0 Å². The first-order chi connectivity index (χ1) is 10.1. The summed E-state index contributed by atoms with van der Waals surface area (Å²) in [5.41, 5.74) is 3.13. The zero-order valence-electron chi connectivity index (χ0n) is 12.5. The molecule has 0 amide bonds. The van der Waals surface area contributed by atoms with E-state index >= 15 is 0 Å². The van der Waals surface area contributed by atoms with Crippen molar-refractivity contribution in [3.8, 4) is 0 Å². The molecule has 0 bridgehead atoms. The Balaban J connectivity index is 2.07. The van der Waals surface area contributed by atoms with Crippen molar-refractivity contribution in [2.24, 2.45) is 5.84 Å². The van der Waals surface area contributed by atoms with Crippen LogP contribution in [0.25, 0.3) is 11.0 Å². The summed E-state index contributed by atoms with van der Waals surface area (Å²) in [7, 11) is 4.14. The van der Waals surface area contributed by atoms with Gasteiger partial charge in [0.2, 0.25) is 0 Å². The number of likely N-dealkylation sites (N-methyl/N-ethyl adjacent to an activating group) is 1. The molecule has 1 aromatic carbocycles. The van der Waals surface area contributed by atoms with Crippen molar-refractivity contribution < 1.29 is 8.81 Å². The van der Waals surface area contributed by atoms with Gasteiger partial charge in [-0.15, -0.1) is 0 Å². The van der Waals surface area contributed by atoms with Gasteiger partial charge in [-0.05, 0) is 39.1 Å². The molecule has 1 aliphatic carbocycles. The molecule has 1 unspecified atom stereocenters. The third kappa shape index (κ3) is 2.25. The number of hydrazine groups is 1. The van der Waals surface area contributed by atoms with Gasteiger partial charge in [0.15, 0.2) is 11.4 Å². The molecule has 0 radical (unpaired) electrons. The predicted molar refractivity (Wildman–Crippen MR) is 81.1 cm³/mol. The van der Waals surface area contributed by atoms with E-state index in [1.165, 1.54) is 18.9 Å². The zero-order chi connectivity index (χ0) is 15.0. The number of furan rings is 1. The number of hydrogen-bond acceptors (Lipinski definition) is 4. The van der Waals surface area contributed by atoms with Crippen molar-refractivity contribution in [1.82, 2.24) is 10.3 Å². The Morgan fingerprint density at radius 3 is 2.62 bits per heavy atom. The first-order valence-electron chi connectivity index (χ1n) is 7.40. The number of halogens is 1.